The number of hydrogen-bond donors (Lipinski definition) is 2. The zero-order chi connectivity index (χ0) is 13.0. The average Bonchev–Trinajstić information content (AvgIpc) is 2.75. The van der Waals surface area contributed by atoms with E-state index in [-0.39, 0.29) is 17.4 Å². The maximum Gasteiger partial charge on any atom is 0.0938 e. The first-order valence-electron chi connectivity index (χ1n) is 7.81. The lowest BCUT2D eigenvalue weighted by atomic mass is 9.56. The van der Waals surface area contributed by atoms with Crippen molar-refractivity contribution < 1.29 is 10.2 Å². The first-order valence-corrected chi connectivity index (χ1v) is 7.81. The highest BCUT2D eigenvalue weighted by Crippen LogP contribution is 2.73. The van der Waals surface area contributed by atoms with Crippen molar-refractivity contribution in [1.82, 2.24) is 0 Å². The molecule has 3 rings (SSSR count). The molecule has 0 aromatic rings. The second-order valence-electron chi connectivity index (χ2n) is 7.58. The summed E-state index contributed by atoms with van der Waals surface area (Å²) in [5.74, 6) is 1.40. The van der Waals surface area contributed by atoms with E-state index in [1.807, 2.05) is 0 Å². The van der Waals surface area contributed by atoms with Crippen LogP contribution in [-0.4, -0.2) is 22.4 Å². The molecular weight excluding hydrogens is 224 g/mol. The van der Waals surface area contributed by atoms with Gasteiger partial charge in [0.05, 0.1) is 12.2 Å². The van der Waals surface area contributed by atoms with Crippen molar-refractivity contribution >= 4 is 0 Å². The topological polar surface area (TPSA) is 40.5 Å². The standard InChI is InChI=1S/C16H28O2/c1-14-9-8-13(10-16(14,18)11-17)15(14,2)12-6-4-3-5-7-12/h12-13,17-18H,3-11H2,1-2H3/t13-,14-,15-,16-/m0/s1. The fraction of sp³-hybridized carbons (Fsp3) is 1.00. The van der Waals surface area contributed by atoms with Gasteiger partial charge in [0.25, 0.3) is 0 Å². The summed E-state index contributed by atoms with van der Waals surface area (Å²) in [4.78, 5) is 0. The molecule has 0 aromatic carbocycles. The second-order valence-corrected chi connectivity index (χ2v) is 7.58. The maximum absolute atomic E-state index is 10.9. The zero-order valence-electron chi connectivity index (χ0n) is 11.9. The number of fused-ring (bicyclic) bond motifs is 2. The van der Waals surface area contributed by atoms with Crippen molar-refractivity contribution in [3.63, 3.8) is 0 Å². The Balaban J connectivity index is 1.96. The molecule has 0 radical (unpaired) electrons. The third kappa shape index (κ3) is 1.31. The summed E-state index contributed by atoms with van der Waals surface area (Å²) in [6.45, 7) is 4.63. The molecule has 2 N–H and O–H groups in total. The van der Waals surface area contributed by atoms with Gasteiger partial charge in [-0.05, 0) is 49.4 Å². The minimum atomic E-state index is -0.817. The minimum Gasteiger partial charge on any atom is -0.393 e. The van der Waals surface area contributed by atoms with Crippen LogP contribution in [0.1, 0.15) is 65.2 Å². The quantitative estimate of drug-likeness (QED) is 0.792. The molecule has 2 nitrogen and oxygen atoms in total. The van der Waals surface area contributed by atoms with Crippen molar-refractivity contribution in [2.45, 2.75) is 70.8 Å². The van der Waals surface area contributed by atoms with Crippen LogP contribution in [0.25, 0.3) is 0 Å². The number of hydrogen-bond acceptors (Lipinski definition) is 2. The average molecular weight is 252 g/mol. The van der Waals surface area contributed by atoms with Gasteiger partial charge in [-0.1, -0.05) is 33.1 Å². The van der Waals surface area contributed by atoms with E-state index in [0.29, 0.717) is 5.92 Å². The molecule has 0 unspecified atom stereocenters. The molecule has 0 aromatic heterocycles. The fourth-order valence-corrected chi connectivity index (χ4v) is 5.89. The van der Waals surface area contributed by atoms with Crippen LogP contribution >= 0.6 is 0 Å². The van der Waals surface area contributed by atoms with Gasteiger partial charge in [-0.25, -0.2) is 0 Å². The highest BCUT2D eigenvalue weighted by atomic mass is 16.3. The normalized spacial score (nSPS) is 53.0. The lowest BCUT2D eigenvalue weighted by Gasteiger charge is -2.50. The van der Waals surface area contributed by atoms with Gasteiger partial charge in [-0.2, -0.15) is 0 Å². The molecule has 4 atom stereocenters. The summed E-state index contributed by atoms with van der Waals surface area (Å²) in [5.41, 5.74) is -0.631. The molecular formula is C16H28O2. The van der Waals surface area contributed by atoms with Crippen molar-refractivity contribution in [3.8, 4) is 0 Å². The second kappa shape index (κ2) is 3.96. The largest absolute Gasteiger partial charge is 0.393 e. The predicted molar refractivity (Wildman–Crippen MR) is 72.2 cm³/mol. The Labute approximate surface area is 111 Å². The Hall–Kier alpha value is -0.0800. The summed E-state index contributed by atoms with van der Waals surface area (Å²) in [6, 6.07) is 0. The van der Waals surface area contributed by atoms with Crippen molar-refractivity contribution in [1.29, 1.82) is 0 Å². The molecule has 0 spiro atoms. The number of aliphatic hydroxyl groups excluding tert-OH is 1. The van der Waals surface area contributed by atoms with Gasteiger partial charge >= 0.3 is 0 Å². The summed E-state index contributed by atoms with van der Waals surface area (Å²) < 4.78 is 0. The van der Waals surface area contributed by atoms with Crippen molar-refractivity contribution in [2.75, 3.05) is 6.61 Å². The third-order valence-corrected chi connectivity index (χ3v) is 7.36. The lowest BCUT2D eigenvalue weighted by Crippen LogP contribution is -2.52. The van der Waals surface area contributed by atoms with E-state index in [1.54, 1.807) is 0 Å². The van der Waals surface area contributed by atoms with E-state index < -0.39 is 5.60 Å². The minimum absolute atomic E-state index is 0.0533. The smallest absolute Gasteiger partial charge is 0.0938 e. The fourth-order valence-electron chi connectivity index (χ4n) is 5.89. The van der Waals surface area contributed by atoms with Crippen LogP contribution < -0.4 is 0 Å². The molecule has 0 aliphatic heterocycles. The van der Waals surface area contributed by atoms with E-state index in [2.05, 4.69) is 13.8 Å². The van der Waals surface area contributed by atoms with Crippen LogP contribution in [0.3, 0.4) is 0 Å². The van der Waals surface area contributed by atoms with Gasteiger partial charge in [0, 0.05) is 5.41 Å². The summed E-state index contributed by atoms with van der Waals surface area (Å²) in [7, 11) is 0. The summed E-state index contributed by atoms with van der Waals surface area (Å²) >= 11 is 0. The van der Waals surface area contributed by atoms with Crippen LogP contribution in [0.5, 0.6) is 0 Å². The van der Waals surface area contributed by atoms with Crippen LogP contribution in [0.4, 0.5) is 0 Å². The van der Waals surface area contributed by atoms with Gasteiger partial charge < -0.3 is 10.2 Å². The van der Waals surface area contributed by atoms with Gasteiger partial charge in [0.1, 0.15) is 0 Å². The van der Waals surface area contributed by atoms with E-state index in [0.717, 1.165) is 18.8 Å². The first kappa shape index (κ1) is 12.9. The molecule has 3 fully saturated rings. The SMILES string of the molecule is C[C@@]12CC[C@@H](C[C@]1(O)CO)[C@]2(C)C1CCCCC1. The Bertz CT molecular complexity index is 336. The van der Waals surface area contributed by atoms with Gasteiger partial charge in [-0.15, -0.1) is 0 Å². The van der Waals surface area contributed by atoms with E-state index >= 15 is 0 Å². The molecule has 0 amide bonds. The Morgan fingerprint density at radius 2 is 1.67 bits per heavy atom. The van der Waals surface area contributed by atoms with Crippen molar-refractivity contribution in [2.24, 2.45) is 22.7 Å². The summed E-state index contributed by atoms with van der Waals surface area (Å²) in [5, 5.41) is 20.6. The van der Waals surface area contributed by atoms with Gasteiger partial charge in [-0.3, -0.25) is 0 Å². The molecule has 3 aliphatic rings. The zero-order valence-corrected chi connectivity index (χ0v) is 11.9. The first-order chi connectivity index (χ1) is 8.48. The molecule has 0 saturated heterocycles. The highest BCUT2D eigenvalue weighted by molar-refractivity contribution is 5.20. The maximum atomic E-state index is 10.9. The highest BCUT2D eigenvalue weighted by Gasteiger charge is 2.71. The Kier molecular flexibility index (Phi) is 2.84. The molecule has 0 heterocycles. The van der Waals surface area contributed by atoms with Crippen LogP contribution in [-0.2, 0) is 0 Å². The van der Waals surface area contributed by atoms with Crippen LogP contribution in [0.15, 0.2) is 0 Å². The Morgan fingerprint density at radius 3 is 2.22 bits per heavy atom. The number of rotatable bonds is 2. The molecule has 104 valence electrons. The predicted octanol–water partition coefficient (Wildman–Crippen LogP) is 3.12. The van der Waals surface area contributed by atoms with E-state index in [4.69, 9.17) is 0 Å². The molecule has 2 bridgehead atoms. The number of aliphatic hydroxyl groups is 2. The molecule has 3 saturated carbocycles. The molecule has 18 heavy (non-hydrogen) atoms. The molecule has 3 aliphatic carbocycles. The lowest BCUT2D eigenvalue weighted by molar-refractivity contribution is -0.134. The van der Waals surface area contributed by atoms with E-state index in [9.17, 15) is 10.2 Å². The van der Waals surface area contributed by atoms with Gasteiger partial charge in [0.2, 0.25) is 0 Å². The Morgan fingerprint density at radius 1 is 1.00 bits per heavy atom. The van der Waals surface area contributed by atoms with Crippen molar-refractivity contribution in [3.05, 3.63) is 0 Å². The van der Waals surface area contributed by atoms with Crippen LogP contribution in [0, 0.1) is 22.7 Å². The monoisotopic (exact) mass is 252 g/mol. The molecule has 2 heteroatoms. The summed E-state index contributed by atoms with van der Waals surface area (Å²) in [6.07, 6.45) is 9.97. The van der Waals surface area contributed by atoms with E-state index in [1.165, 1.54) is 38.5 Å². The van der Waals surface area contributed by atoms with Crippen LogP contribution in [0.2, 0.25) is 0 Å². The van der Waals surface area contributed by atoms with Gasteiger partial charge in [0.15, 0.2) is 0 Å². The third-order valence-electron chi connectivity index (χ3n) is 7.36.